The van der Waals surface area contributed by atoms with E-state index in [4.69, 9.17) is 38.5 Å². The zero-order chi connectivity index (χ0) is 114. The summed E-state index contributed by atoms with van der Waals surface area (Å²) in [5.74, 6) is 40.2. The van der Waals surface area contributed by atoms with Crippen LogP contribution in [0, 0.1) is 173 Å². The summed E-state index contributed by atoms with van der Waals surface area (Å²) in [6.07, 6.45) is 30.2. The number of aliphatic hydroxyl groups is 1. The number of aromatic hydroxyl groups is 2. The van der Waals surface area contributed by atoms with E-state index in [0.717, 1.165) is 53.9 Å². The monoisotopic (exact) mass is 3060 g/mol. The van der Waals surface area contributed by atoms with Crippen LogP contribution in [0.15, 0.2) is 109 Å². The Hall–Kier alpha value is -2.53. The maximum atomic E-state index is 11.4. The second-order valence-electron chi connectivity index (χ2n) is 30.0. The van der Waals surface area contributed by atoms with E-state index in [9.17, 15) is 56.4 Å². The molecule has 0 aromatic heterocycles. The van der Waals surface area contributed by atoms with Crippen LogP contribution < -0.4 is 51.4 Å². The summed E-state index contributed by atoms with van der Waals surface area (Å²) in [7, 11) is -11.4. The van der Waals surface area contributed by atoms with Crippen LogP contribution in [0.25, 0.3) is 0 Å². The molecule has 0 bridgehead atoms. The molecule has 0 atom stereocenters. The first-order valence-corrected chi connectivity index (χ1v) is 61.3. The van der Waals surface area contributed by atoms with Gasteiger partial charge in [-0.25, -0.2) is 8.42 Å². The minimum Gasteiger partial charge on any atom is -0.742 e. The van der Waals surface area contributed by atoms with E-state index in [0.29, 0.717) is 0 Å². The van der Waals surface area contributed by atoms with Crippen LogP contribution >= 0.6 is 217 Å². The summed E-state index contributed by atoms with van der Waals surface area (Å²) in [6.45, 7) is 50.9. The minimum absolute atomic E-state index is 0. The minimum atomic E-state index is -6.85. The third-order valence-electron chi connectivity index (χ3n) is 17.8. The first-order chi connectivity index (χ1) is 67.5. The molecule has 8 aromatic carbocycles. The van der Waals surface area contributed by atoms with Crippen LogP contribution in [0.5, 0.6) is 11.5 Å². The molecular formula is C112H142BBr3Cl3F6I6KO11S4. The molecule has 8 rings (SSSR count). The molecule has 0 spiro atoms. The van der Waals surface area contributed by atoms with Crippen molar-refractivity contribution in [3.8, 4) is 107 Å². The molecule has 3 N–H and O–H groups in total. The van der Waals surface area contributed by atoms with E-state index < -0.39 is 40.3 Å². The van der Waals surface area contributed by atoms with Crippen molar-refractivity contribution >= 4 is 267 Å². The number of phenols is 2. The Morgan fingerprint density at radius 2 is 0.517 bits per heavy atom. The zero-order valence-corrected chi connectivity index (χ0v) is 115. The third-order valence-corrected chi connectivity index (χ3v) is 28.8. The molecule has 0 fully saturated rings. The van der Waals surface area contributed by atoms with Crippen LogP contribution in [0.2, 0.25) is 0 Å². The second-order valence-corrected chi connectivity index (χ2v) is 51.1. The van der Waals surface area contributed by atoms with E-state index in [1.807, 2.05) is 57.3 Å². The summed E-state index contributed by atoms with van der Waals surface area (Å²) < 4.78 is 136. The first kappa shape index (κ1) is 164. The molecule has 0 saturated carbocycles. The number of hydrogen-bond donors (Lipinski definition) is 3. The van der Waals surface area contributed by atoms with Crippen molar-refractivity contribution in [2.24, 2.45) is 0 Å². The third kappa shape index (κ3) is 82.6. The Labute approximate surface area is 1050 Å². The number of terminal acetylenes is 2. The number of rotatable bonds is 18. The number of phenolic OH excluding ortho intramolecular Hbond substituents is 2. The maximum Gasteiger partial charge on any atom is 1.00 e. The Morgan fingerprint density at radius 3 is 0.646 bits per heavy atom. The van der Waals surface area contributed by atoms with Crippen LogP contribution in [0.4, 0.5) is 26.3 Å². The SMILES string of the molecule is BrB(Br)Br.C.C#CC.C#CC.CC#Cc1cc(C#CC)c(C#CC)cc1C#CC.CC#Cc1cc(C)c(C)cc1C#CC.CC(=O)[S-].CCCc1cc(CCC)c(CCC)cc1CCC.CCCc1cc(CCC)c(CCC)cc1CCC.CO.CS(=O)(=O)Cl.Cc1cc(I)c(I)cc1C.Cc1cc(I)c(I)cc1C.Cc1ccccc1C.ClCCl.O=S(=O)(OS(=O)(=O)C(F)(F)F)C(F)(F)F.Oc1cc(I)c(I)cc1O.[K+]. The quantitative estimate of drug-likeness (QED) is 0.00850. The molecule has 0 saturated heterocycles. The molecule has 0 aliphatic heterocycles. The predicted molar refractivity (Wildman–Crippen MR) is 679 cm³/mol. The number of carbonyl (C=O) groups excluding carboxylic acids is 1. The number of aliphatic hydroxyl groups excluding tert-OH is 1. The number of carbonyl (C=O) groups is 1. The summed E-state index contributed by atoms with van der Waals surface area (Å²) in [6, 6.07) is 38.5. The summed E-state index contributed by atoms with van der Waals surface area (Å²) >= 11 is 36.4. The molecule has 147 heavy (non-hydrogen) atoms. The molecule has 0 unspecified atom stereocenters. The van der Waals surface area contributed by atoms with Gasteiger partial charge in [-0.1, -0.05) is 198 Å². The Morgan fingerprint density at radius 1 is 0.381 bits per heavy atom. The van der Waals surface area contributed by atoms with Crippen molar-refractivity contribution in [3.05, 3.63) is 253 Å². The van der Waals surface area contributed by atoms with E-state index in [-0.39, 0.29) is 83.9 Å². The van der Waals surface area contributed by atoms with Crippen molar-refractivity contribution in [1.29, 1.82) is 0 Å². The van der Waals surface area contributed by atoms with Crippen LogP contribution in [0.1, 0.15) is 299 Å². The van der Waals surface area contributed by atoms with E-state index in [1.54, 1.807) is 58.4 Å². The van der Waals surface area contributed by atoms with Gasteiger partial charge in [-0.2, -0.15) is 43.2 Å². The topological polar surface area (TPSA) is 189 Å². The molecular weight excluding hydrogens is 2920 g/mol. The van der Waals surface area contributed by atoms with Gasteiger partial charge in [0.25, 0.3) is 0 Å². The number of benzene rings is 8. The number of alkyl halides is 8. The van der Waals surface area contributed by atoms with Gasteiger partial charge in [-0.3, -0.25) is 0 Å². The van der Waals surface area contributed by atoms with Crippen LogP contribution in [0.3, 0.4) is 0 Å². The fourth-order valence-electron chi connectivity index (χ4n) is 11.3. The molecule has 8 aromatic rings. The van der Waals surface area contributed by atoms with E-state index >= 15 is 0 Å². The van der Waals surface area contributed by atoms with E-state index in [2.05, 4.69) is 498 Å². The second kappa shape index (κ2) is 96.8. The first-order valence-electron chi connectivity index (χ1n) is 45.0. The standard InChI is InChI=1S/2C18H30.C18H14.C14H14.2C8H8I2.C8H10.C6H4I2O2.2C3H4.C2F6O5S2.C2H4OS.CH2Cl2.CH3ClO2S.CH4O.CH4.BBr3.K/c3*1-5-9-15-13-17(11-7-3)18(12-8-4)14-16(15)10-6-2;1-5-7-13-9-11(3)12(4)10-14(13)8-6-2;2*1-5-3-7(9)8(10)4-6(5)2;1-7-5-3-4-6-8(7)2;7-3-1-5(9)6(10)2-4(3)8;2*1-3-2;3-1(4,5)14(9,10)13-15(11,12)2(6,7)8;1-2(3)4;2-1-3;1-5(2,3)4;1-2;;2-1(3)4;/h2*13-14H,5-12H2,1-4H3;13-14H,1-4H3;9-10H,1-4H3;2*3-4H,1-2H3;3-6H,1-2H3;1-2,9-10H;2*1H,2H3;;1H3,(H,3,4);1H2;1H3;2H,1H3;1H4;;/q;;;;;;;;;;;;;;;;;+1/p-1. The van der Waals surface area contributed by atoms with Gasteiger partial charge in [0.15, 0.2) is 11.5 Å². The van der Waals surface area contributed by atoms with Gasteiger partial charge in [0.2, 0.25) is 9.05 Å². The largest absolute Gasteiger partial charge is 1.00 e. The Kier molecular flexibility index (Phi) is 108. The zero-order valence-electron chi connectivity index (χ0n) is 88.7. The molecule has 0 aliphatic carbocycles. The molecule has 0 radical (unpaired) electrons. The van der Waals surface area contributed by atoms with Crippen molar-refractivity contribution < 1.29 is 127 Å². The molecule has 810 valence electrons. The normalized spacial score (nSPS) is 9.47. The van der Waals surface area contributed by atoms with Gasteiger partial charge in [0.1, 0.15) is 0 Å². The molecule has 0 heterocycles. The molecule has 0 aliphatic rings. The Balaban J connectivity index is -0.000000176. The fourth-order valence-corrected chi connectivity index (χ4v) is 16.3. The molecule has 11 nitrogen and oxygen atoms in total. The number of halogens is 18. The summed E-state index contributed by atoms with van der Waals surface area (Å²) in [5.41, 5.74) is 16.9. The van der Waals surface area contributed by atoms with Crippen LogP contribution in [-0.4, -0.2) is 78.6 Å². The van der Waals surface area contributed by atoms with Gasteiger partial charge in [0.05, 0.1) is 11.6 Å². The van der Waals surface area contributed by atoms with Crippen molar-refractivity contribution in [2.75, 3.05) is 18.7 Å². The van der Waals surface area contributed by atoms with Crippen LogP contribution in [-0.2, 0) is 102 Å². The predicted octanol–water partition coefficient (Wildman–Crippen LogP) is 31.9. The van der Waals surface area contributed by atoms with Gasteiger partial charge in [0, 0.05) is 77.7 Å². The van der Waals surface area contributed by atoms with Gasteiger partial charge < -0.3 is 32.7 Å². The average Bonchev–Trinajstić information content (AvgIpc) is 0.787. The average molecular weight is 3060 g/mol. The number of hydrogen-bond acceptors (Lipinski definition) is 12. The maximum absolute atomic E-state index is 11.4. The van der Waals surface area contributed by atoms with E-state index in [1.165, 1.54) is 181 Å². The fraction of sp³-hybridized carbons (Fsp3) is 0.420. The smallest absolute Gasteiger partial charge is 0.742 e. The van der Waals surface area contributed by atoms with Gasteiger partial charge in [-0.05, 0) is 454 Å². The summed E-state index contributed by atoms with van der Waals surface area (Å²) in [5, 5.41) is 24.9. The molecule has 0 amide bonds. The van der Waals surface area contributed by atoms with Crippen molar-refractivity contribution in [2.45, 2.75) is 294 Å². The Bertz CT molecular complexity index is 5340. The van der Waals surface area contributed by atoms with Crippen molar-refractivity contribution in [1.82, 2.24) is 0 Å². The molecule has 35 heteroatoms. The van der Waals surface area contributed by atoms with Gasteiger partial charge >= 0.3 is 85.8 Å². The van der Waals surface area contributed by atoms with Crippen molar-refractivity contribution in [3.63, 3.8) is 0 Å². The van der Waals surface area contributed by atoms with Gasteiger partial charge in [-0.15, -0.1) is 134 Å². The summed E-state index contributed by atoms with van der Waals surface area (Å²) in [4.78, 5) is 9.26. The number of aryl methyl sites for hydroxylation is 16.